The number of aliphatic hydroxyl groups is 1. The highest BCUT2D eigenvalue weighted by Crippen LogP contribution is 2.39. The maximum atomic E-state index is 12.9. The molecule has 1 saturated carbocycles. The summed E-state index contributed by atoms with van der Waals surface area (Å²) in [6.07, 6.45) is 4.72. The van der Waals surface area contributed by atoms with Crippen LogP contribution < -0.4 is 0 Å². The minimum absolute atomic E-state index is 0.0578. The topological polar surface area (TPSA) is 40.5 Å². The van der Waals surface area contributed by atoms with Crippen LogP contribution in [0.4, 0.5) is 4.39 Å². The zero-order valence-corrected chi connectivity index (χ0v) is 11.5. The first kappa shape index (κ1) is 13.6. The summed E-state index contributed by atoms with van der Waals surface area (Å²) < 4.78 is 12.9. The molecule has 3 rings (SSSR count). The molecule has 0 aromatic heterocycles. The fraction of sp³-hybridized carbons (Fsp3) is 0.562. The van der Waals surface area contributed by atoms with Crippen LogP contribution in [0.5, 0.6) is 0 Å². The van der Waals surface area contributed by atoms with Gasteiger partial charge in [-0.15, -0.1) is 0 Å². The number of fused-ring (bicyclic) bond motifs is 1. The maximum Gasteiger partial charge on any atom is 0.253 e. The zero-order chi connectivity index (χ0) is 14.2. The van der Waals surface area contributed by atoms with Gasteiger partial charge in [0.25, 0.3) is 5.91 Å². The zero-order valence-electron chi connectivity index (χ0n) is 11.5. The molecule has 1 aliphatic heterocycles. The van der Waals surface area contributed by atoms with Crippen molar-refractivity contribution in [3.63, 3.8) is 0 Å². The van der Waals surface area contributed by atoms with E-state index in [4.69, 9.17) is 0 Å². The van der Waals surface area contributed by atoms with Crippen molar-refractivity contribution in [3.8, 4) is 0 Å². The van der Waals surface area contributed by atoms with Crippen LogP contribution in [-0.4, -0.2) is 34.6 Å². The molecule has 1 aromatic carbocycles. The molecule has 0 unspecified atom stereocenters. The Morgan fingerprint density at radius 2 is 2.00 bits per heavy atom. The lowest BCUT2D eigenvalue weighted by molar-refractivity contribution is -0.0886. The van der Waals surface area contributed by atoms with Crippen molar-refractivity contribution in [2.24, 2.45) is 5.92 Å². The molecule has 2 atom stereocenters. The van der Waals surface area contributed by atoms with Crippen molar-refractivity contribution >= 4 is 5.91 Å². The van der Waals surface area contributed by atoms with Crippen LogP contribution in [0.25, 0.3) is 0 Å². The number of rotatable bonds is 1. The van der Waals surface area contributed by atoms with Crippen LogP contribution >= 0.6 is 0 Å². The molecule has 20 heavy (non-hydrogen) atoms. The van der Waals surface area contributed by atoms with Gasteiger partial charge in [-0.25, -0.2) is 4.39 Å². The average Bonchev–Trinajstić information content (AvgIpc) is 2.46. The second-order valence-electron chi connectivity index (χ2n) is 6.05. The fourth-order valence-corrected chi connectivity index (χ4v) is 3.53. The van der Waals surface area contributed by atoms with Crippen LogP contribution in [0.3, 0.4) is 0 Å². The van der Waals surface area contributed by atoms with Gasteiger partial charge < -0.3 is 10.0 Å². The Kier molecular flexibility index (Phi) is 3.50. The van der Waals surface area contributed by atoms with E-state index >= 15 is 0 Å². The Bertz CT molecular complexity index is 502. The number of halogens is 1. The number of hydrogen-bond donors (Lipinski definition) is 1. The number of carbonyl (C=O) groups excluding carboxylic acids is 1. The van der Waals surface area contributed by atoms with E-state index in [-0.39, 0.29) is 17.6 Å². The van der Waals surface area contributed by atoms with Crippen molar-refractivity contribution in [2.45, 2.75) is 37.7 Å². The number of piperidine rings is 1. The minimum Gasteiger partial charge on any atom is -0.389 e. The highest BCUT2D eigenvalue weighted by molar-refractivity contribution is 5.94. The first-order chi connectivity index (χ1) is 9.58. The summed E-state index contributed by atoms with van der Waals surface area (Å²) in [5.74, 6) is -0.200. The van der Waals surface area contributed by atoms with Gasteiger partial charge >= 0.3 is 0 Å². The predicted molar refractivity (Wildman–Crippen MR) is 73.8 cm³/mol. The summed E-state index contributed by atoms with van der Waals surface area (Å²) in [5.41, 5.74) is -0.0506. The first-order valence-corrected chi connectivity index (χ1v) is 7.36. The van der Waals surface area contributed by atoms with E-state index in [9.17, 15) is 14.3 Å². The number of likely N-dealkylation sites (tertiary alicyclic amines) is 1. The molecule has 1 heterocycles. The minimum atomic E-state index is -0.572. The molecule has 1 N–H and O–H groups in total. The third kappa shape index (κ3) is 2.44. The van der Waals surface area contributed by atoms with Gasteiger partial charge in [-0.2, -0.15) is 0 Å². The van der Waals surface area contributed by atoms with E-state index in [2.05, 4.69) is 0 Å². The van der Waals surface area contributed by atoms with Gasteiger partial charge in [-0.1, -0.05) is 12.8 Å². The third-order valence-corrected chi connectivity index (χ3v) is 4.81. The largest absolute Gasteiger partial charge is 0.389 e. The predicted octanol–water partition coefficient (Wildman–Crippen LogP) is 2.59. The van der Waals surface area contributed by atoms with Gasteiger partial charge in [-0.3, -0.25) is 4.79 Å². The van der Waals surface area contributed by atoms with Gasteiger partial charge in [0.2, 0.25) is 0 Å². The van der Waals surface area contributed by atoms with Crippen LogP contribution in [-0.2, 0) is 0 Å². The highest BCUT2D eigenvalue weighted by atomic mass is 19.1. The quantitative estimate of drug-likeness (QED) is 0.857. The van der Waals surface area contributed by atoms with E-state index in [1.54, 1.807) is 4.90 Å². The van der Waals surface area contributed by atoms with Crippen molar-refractivity contribution in [1.82, 2.24) is 4.90 Å². The Morgan fingerprint density at radius 1 is 1.25 bits per heavy atom. The Balaban J connectivity index is 1.72. The van der Waals surface area contributed by atoms with Crippen molar-refractivity contribution in [3.05, 3.63) is 35.6 Å². The lowest BCUT2D eigenvalue weighted by Crippen LogP contribution is -2.54. The number of carbonyl (C=O) groups is 1. The lowest BCUT2D eigenvalue weighted by Gasteiger charge is -2.47. The van der Waals surface area contributed by atoms with Gasteiger partial charge in [-0.05, 0) is 43.5 Å². The van der Waals surface area contributed by atoms with Crippen molar-refractivity contribution in [2.75, 3.05) is 13.1 Å². The second-order valence-corrected chi connectivity index (χ2v) is 6.05. The molecule has 3 nitrogen and oxygen atoms in total. The molecular weight excluding hydrogens is 257 g/mol. The third-order valence-electron chi connectivity index (χ3n) is 4.81. The Morgan fingerprint density at radius 3 is 2.75 bits per heavy atom. The van der Waals surface area contributed by atoms with Crippen molar-refractivity contribution < 1.29 is 14.3 Å². The molecule has 1 amide bonds. The molecule has 0 spiro atoms. The van der Waals surface area contributed by atoms with Crippen LogP contribution in [0.2, 0.25) is 0 Å². The van der Waals surface area contributed by atoms with Crippen molar-refractivity contribution in [1.29, 1.82) is 0 Å². The van der Waals surface area contributed by atoms with E-state index < -0.39 is 5.60 Å². The van der Waals surface area contributed by atoms with Crippen LogP contribution in [0.1, 0.15) is 42.5 Å². The summed E-state index contributed by atoms with van der Waals surface area (Å²) in [6, 6.07) is 5.68. The van der Waals surface area contributed by atoms with E-state index in [0.29, 0.717) is 25.1 Å². The van der Waals surface area contributed by atoms with Gasteiger partial charge in [0, 0.05) is 24.6 Å². The molecule has 2 aliphatic rings. The Labute approximate surface area is 118 Å². The number of amides is 1. The second kappa shape index (κ2) is 5.17. The molecule has 4 heteroatoms. The lowest BCUT2D eigenvalue weighted by atomic mass is 9.71. The van der Waals surface area contributed by atoms with Crippen LogP contribution in [0.15, 0.2) is 24.3 Å². The first-order valence-electron chi connectivity index (χ1n) is 7.36. The molecule has 1 aromatic rings. The summed E-state index contributed by atoms with van der Waals surface area (Å²) in [7, 11) is 0. The number of benzene rings is 1. The molecule has 2 fully saturated rings. The summed E-state index contributed by atoms with van der Waals surface area (Å²) in [5, 5.41) is 10.6. The summed E-state index contributed by atoms with van der Waals surface area (Å²) >= 11 is 0. The fourth-order valence-electron chi connectivity index (χ4n) is 3.53. The van der Waals surface area contributed by atoms with Crippen LogP contribution in [0, 0.1) is 11.7 Å². The number of nitrogens with zero attached hydrogens (tertiary/aromatic N) is 1. The van der Waals surface area contributed by atoms with Gasteiger partial charge in [0.05, 0.1) is 5.60 Å². The smallest absolute Gasteiger partial charge is 0.253 e. The summed E-state index contributed by atoms with van der Waals surface area (Å²) in [6.45, 7) is 1.20. The molecule has 1 aliphatic carbocycles. The molecule has 0 bridgehead atoms. The molecule has 0 radical (unpaired) electrons. The average molecular weight is 277 g/mol. The molecule has 108 valence electrons. The monoisotopic (exact) mass is 277 g/mol. The van der Waals surface area contributed by atoms with E-state index in [1.807, 2.05) is 0 Å². The molecular formula is C16H20FNO2. The van der Waals surface area contributed by atoms with E-state index in [1.165, 1.54) is 24.3 Å². The highest BCUT2D eigenvalue weighted by Gasteiger charge is 2.43. The standard InChI is InChI=1S/C16H20FNO2/c17-14-6-4-12(5-7-14)15(19)18-10-9-16(20)8-2-1-3-13(16)11-18/h4-7,13,20H,1-3,8-11H2/t13-,16+/m1/s1. The van der Waals surface area contributed by atoms with E-state index in [0.717, 1.165) is 25.7 Å². The van der Waals surface area contributed by atoms with Gasteiger partial charge in [0.15, 0.2) is 0 Å². The van der Waals surface area contributed by atoms with Gasteiger partial charge in [0.1, 0.15) is 5.82 Å². The normalized spacial score (nSPS) is 29.9. The maximum absolute atomic E-state index is 12.9. The Hall–Kier alpha value is -1.42. The SMILES string of the molecule is O=C(c1ccc(F)cc1)N1CC[C@@]2(O)CCCC[C@@H]2C1. The summed E-state index contributed by atoms with van der Waals surface area (Å²) in [4.78, 5) is 14.2. The number of hydrogen-bond acceptors (Lipinski definition) is 2. The molecule has 1 saturated heterocycles.